The Morgan fingerprint density at radius 1 is 1.42 bits per heavy atom. The van der Waals surface area contributed by atoms with E-state index in [1.165, 1.54) is 0 Å². The van der Waals surface area contributed by atoms with Gasteiger partial charge in [-0.3, -0.25) is 4.79 Å². The number of nitrogen functional groups attached to an aromatic ring is 1. The fraction of sp³-hybridized carbons (Fsp3) is 0.533. The van der Waals surface area contributed by atoms with E-state index in [1.54, 1.807) is 6.07 Å². The van der Waals surface area contributed by atoms with Crippen LogP contribution in [0.3, 0.4) is 0 Å². The summed E-state index contributed by atoms with van der Waals surface area (Å²) in [5.74, 6) is 0.168. The Morgan fingerprint density at radius 3 is 2.68 bits per heavy atom. The molecule has 0 bridgehead atoms. The van der Waals surface area contributed by atoms with Crippen molar-refractivity contribution in [1.29, 1.82) is 0 Å². The number of carbonyl (C=O) groups is 1. The lowest BCUT2D eigenvalue weighted by atomic mass is 10.0. The average molecular weight is 264 g/mol. The van der Waals surface area contributed by atoms with Crippen LogP contribution in [0.15, 0.2) is 18.2 Å². The normalized spacial score (nSPS) is 12.5. The Balaban J connectivity index is 2.79. The molecule has 0 heterocycles. The molecule has 0 radical (unpaired) electrons. The summed E-state index contributed by atoms with van der Waals surface area (Å²) in [6, 6.07) is 5.47. The van der Waals surface area contributed by atoms with Gasteiger partial charge >= 0.3 is 0 Å². The molecule has 0 aromatic heterocycles. The lowest BCUT2D eigenvalue weighted by molar-refractivity contribution is 0.0807. The minimum atomic E-state index is -0.139. The van der Waals surface area contributed by atoms with Gasteiger partial charge in [0, 0.05) is 12.3 Å². The van der Waals surface area contributed by atoms with Crippen LogP contribution in [0.2, 0.25) is 0 Å². The van der Waals surface area contributed by atoms with Gasteiger partial charge in [0.2, 0.25) is 0 Å². The highest BCUT2D eigenvalue weighted by molar-refractivity contribution is 5.99. The van der Waals surface area contributed by atoms with Gasteiger partial charge in [-0.25, -0.2) is 0 Å². The number of ether oxygens (including phenoxy) is 1. The highest BCUT2D eigenvalue weighted by Crippen LogP contribution is 2.16. The zero-order valence-electron chi connectivity index (χ0n) is 12.2. The number of hydrogen-bond donors (Lipinski definition) is 2. The molecule has 0 fully saturated rings. The molecular formula is C15H24N2O2. The zero-order valence-corrected chi connectivity index (χ0v) is 12.2. The maximum Gasteiger partial charge on any atom is 0.253 e. The summed E-state index contributed by atoms with van der Waals surface area (Å²) < 4.78 is 5.40. The van der Waals surface area contributed by atoms with Gasteiger partial charge in [-0.15, -0.1) is 0 Å². The van der Waals surface area contributed by atoms with E-state index in [1.807, 2.05) is 26.0 Å². The highest BCUT2D eigenvalue weighted by atomic mass is 16.5. The van der Waals surface area contributed by atoms with Crippen molar-refractivity contribution in [3.05, 3.63) is 29.3 Å². The minimum Gasteiger partial charge on any atom is -0.398 e. The highest BCUT2D eigenvalue weighted by Gasteiger charge is 2.19. The number of nitrogens with two attached hydrogens (primary N) is 1. The molecule has 0 aliphatic heterocycles. The fourth-order valence-corrected chi connectivity index (χ4v) is 1.77. The average Bonchev–Trinajstić information content (AvgIpc) is 2.37. The lowest BCUT2D eigenvalue weighted by Gasteiger charge is -2.22. The second kappa shape index (κ2) is 7.14. The third-order valence-corrected chi connectivity index (χ3v) is 3.19. The Hall–Kier alpha value is -1.55. The number of benzene rings is 1. The van der Waals surface area contributed by atoms with E-state index < -0.39 is 0 Å². The van der Waals surface area contributed by atoms with Crippen molar-refractivity contribution >= 4 is 11.6 Å². The monoisotopic (exact) mass is 264 g/mol. The van der Waals surface area contributed by atoms with Gasteiger partial charge in [-0.05, 0) is 31.4 Å². The van der Waals surface area contributed by atoms with Crippen molar-refractivity contribution in [2.24, 2.45) is 5.92 Å². The first-order chi connectivity index (χ1) is 8.97. The van der Waals surface area contributed by atoms with Gasteiger partial charge in [0.25, 0.3) is 5.91 Å². The first-order valence-electron chi connectivity index (χ1n) is 6.71. The van der Waals surface area contributed by atoms with Gasteiger partial charge in [0.1, 0.15) is 0 Å². The molecular weight excluding hydrogens is 240 g/mol. The molecule has 0 saturated heterocycles. The number of amides is 1. The van der Waals surface area contributed by atoms with Crippen LogP contribution in [-0.4, -0.2) is 25.2 Å². The Kier molecular flexibility index (Phi) is 5.83. The van der Waals surface area contributed by atoms with Crippen LogP contribution in [0, 0.1) is 12.8 Å². The molecule has 0 aliphatic rings. The van der Waals surface area contributed by atoms with E-state index in [9.17, 15) is 4.79 Å². The van der Waals surface area contributed by atoms with Crippen LogP contribution in [0.1, 0.15) is 36.7 Å². The molecule has 1 rings (SSSR count). The molecule has 3 N–H and O–H groups in total. The summed E-state index contributed by atoms with van der Waals surface area (Å²) in [5.41, 5.74) is 7.93. The fourth-order valence-electron chi connectivity index (χ4n) is 1.77. The quantitative estimate of drug-likeness (QED) is 0.775. The molecule has 1 aromatic rings. The topological polar surface area (TPSA) is 64.3 Å². The van der Waals surface area contributed by atoms with Crippen molar-refractivity contribution < 1.29 is 9.53 Å². The second-order valence-electron chi connectivity index (χ2n) is 5.02. The van der Waals surface area contributed by atoms with Crippen molar-refractivity contribution in [1.82, 2.24) is 5.32 Å². The van der Waals surface area contributed by atoms with E-state index in [-0.39, 0.29) is 11.9 Å². The summed E-state index contributed by atoms with van der Waals surface area (Å²) in [6.07, 6.45) is 0. The number of para-hydroxylation sites is 1. The third kappa shape index (κ3) is 4.24. The predicted octanol–water partition coefficient (Wildman–Crippen LogP) is 2.37. The number of anilines is 1. The summed E-state index contributed by atoms with van der Waals surface area (Å²) in [5, 5.41) is 2.99. The van der Waals surface area contributed by atoms with E-state index in [0.717, 1.165) is 5.56 Å². The number of hydrogen-bond acceptors (Lipinski definition) is 3. The SMILES string of the molecule is CCOCC(NC(=O)c1cccc(C)c1N)C(C)C. The first kappa shape index (κ1) is 15.5. The molecule has 1 atom stereocenters. The molecule has 0 spiro atoms. The van der Waals surface area contributed by atoms with Gasteiger partial charge in [0.15, 0.2) is 0 Å². The molecule has 1 unspecified atom stereocenters. The van der Waals surface area contributed by atoms with Crippen LogP contribution < -0.4 is 11.1 Å². The standard InChI is InChI=1S/C15H24N2O2/c1-5-19-9-13(10(2)3)17-15(18)12-8-6-7-11(4)14(12)16/h6-8,10,13H,5,9,16H2,1-4H3,(H,17,18). The molecule has 106 valence electrons. The van der Waals surface area contributed by atoms with Crippen molar-refractivity contribution in [3.63, 3.8) is 0 Å². The summed E-state index contributed by atoms with van der Waals surface area (Å²) >= 11 is 0. The van der Waals surface area contributed by atoms with Crippen LogP contribution in [0.5, 0.6) is 0 Å². The molecule has 1 aromatic carbocycles. The summed E-state index contributed by atoms with van der Waals surface area (Å²) in [7, 11) is 0. The molecule has 0 aliphatic carbocycles. The van der Waals surface area contributed by atoms with E-state index in [2.05, 4.69) is 19.2 Å². The van der Waals surface area contributed by atoms with E-state index in [4.69, 9.17) is 10.5 Å². The summed E-state index contributed by atoms with van der Waals surface area (Å²) in [6.45, 7) is 9.12. The second-order valence-corrected chi connectivity index (χ2v) is 5.02. The minimum absolute atomic E-state index is 0.00707. The molecule has 4 heteroatoms. The number of carbonyl (C=O) groups excluding carboxylic acids is 1. The number of rotatable bonds is 6. The van der Waals surface area contributed by atoms with Crippen LogP contribution in [0.25, 0.3) is 0 Å². The van der Waals surface area contributed by atoms with Crippen LogP contribution in [-0.2, 0) is 4.74 Å². The van der Waals surface area contributed by atoms with Gasteiger partial charge in [-0.2, -0.15) is 0 Å². The Labute approximate surface area is 115 Å². The summed E-state index contributed by atoms with van der Waals surface area (Å²) in [4.78, 5) is 12.2. The van der Waals surface area contributed by atoms with E-state index >= 15 is 0 Å². The maximum atomic E-state index is 12.2. The third-order valence-electron chi connectivity index (χ3n) is 3.19. The molecule has 4 nitrogen and oxygen atoms in total. The van der Waals surface area contributed by atoms with Gasteiger partial charge in [0.05, 0.1) is 18.2 Å². The number of nitrogens with one attached hydrogen (secondary N) is 1. The molecule has 1 amide bonds. The molecule has 19 heavy (non-hydrogen) atoms. The van der Waals surface area contributed by atoms with Crippen LogP contribution in [0.4, 0.5) is 5.69 Å². The van der Waals surface area contributed by atoms with Crippen molar-refractivity contribution in [2.45, 2.75) is 33.7 Å². The number of aryl methyl sites for hydroxylation is 1. The first-order valence-corrected chi connectivity index (χ1v) is 6.71. The smallest absolute Gasteiger partial charge is 0.253 e. The van der Waals surface area contributed by atoms with Gasteiger partial charge in [-0.1, -0.05) is 26.0 Å². The van der Waals surface area contributed by atoms with Crippen molar-refractivity contribution in [3.8, 4) is 0 Å². The zero-order chi connectivity index (χ0) is 14.4. The van der Waals surface area contributed by atoms with E-state index in [0.29, 0.717) is 30.4 Å². The van der Waals surface area contributed by atoms with Gasteiger partial charge < -0.3 is 15.8 Å². The largest absolute Gasteiger partial charge is 0.398 e. The predicted molar refractivity (Wildman–Crippen MR) is 78.2 cm³/mol. The van der Waals surface area contributed by atoms with Crippen LogP contribution >= 0.6 is 0 Å². The Bertz CT molecular complexity index is 430. The molecule has 0 saturated carbocycles. The van der Waals surface area contributed by atoms with Crippen molar-refractivity contribution in [2.75, 3.05) is 18.9 Å². The maximum absolute atomic E-state index is 12.2. The Morgan fingerprint density at radius 2 is 2.11 bits per heavy atom. The lowest BCUT2D eigenvalue weighted by Crippen LogP contribution is -2.42.